The second-order valence-electron chi connectivity index (χ2n) is 6.99. The molecule has 0 unspecified atom stereocenters. The molecule has 3 aromatic rings. The van der Waals surface area contributed by atoms with Gasteiger partial charge >= 0.3 is 0 Å². The number of carbonyl (C=O) groups excluding carboxylic acids is 1. The number of nitrogens with zero attached hydrogens (tertiary/aromatic N) is 2. The molecule has 4 rings (SSSR count). The number of aryl methyl sites for hydroxylation is 1. The van der Waals surface area contributed by atoms with E-state index in [1.807, 2.05) is 35.9 Å². The fraction of sp³-hybridized carbons (Fsp3) is 0.286. The van der Waals surface area contributed by atoms with Gasteiger partial charge in [-0.15, -0.1) is 0 Å². The summed E-state index contributed by atoms with van der Waals surface area (Å²) in [5, 5.41) is 0.841. The third-order valence-electron chi connectivity index (χ3n) is 5.21. The van der Waals surface area contributed by atoms with Crippen LogP contribution in [0.3, 0.4) is 0 Å². The SMILES string of the molecule is CC(=O)C1CN(c2cccc(-n3cc(C)c4cc(C(F)F)ccc43)c2)C1. The molecule has 1 aliphatic heterocycles. The molecular formula is C21H20F2N2O. The molecule has 1 aliphatic rings. The van der Waals surface area contributed by atoms with Crippen molar-refractivity contribution in [3.8, 4) is 5.69 Å². The minimum atomic E-state index is -2.47. The molecule has 1 fully saturated rings. The first kappa shape index (κ1) is 16.8. The van der Waals surface area contributed by atoms with Gasteiger partial charge in [0.15, 0.2) is 0 Å². The molecule has 0 amide bonds. The average Bonchev–Trinajstić information content (AvgIpc) is 2.90. The zero-order valence-electron chi connectivity index (χ0n) is 14.7. The van der Waals surface area contributed by atoms with Crippen molar-refractivity contribution in [1.82, 2.24) is 4.57 Å². The summed E-state index contributed by atoms with van der Waals surface area (Å²) in [6.07, 6.45) is -0.487. The van der Waals surface area contributed by atoms with Crippen LogP contribution in [0.15, 0.2) is 48.7 Å². The van der Waals surface area contributed by atoms with E-state index in [1.165, 1.54) is 6.07 Å². The van der Waals surface area contributed by atoms with Crippen molar-refractivity contribution in [2.75, 3.05) is 18.0 Å². The van der Waals surface area contributed by atoms with Crippen LogP contribution < -0.4 is 4.90 Å². The van der Waals surface area contributed by atoms with Crippen LogP contribution in [0.25, 0.3) is 16.6 Å². The molecule has 0 spiro atoms. The summed E-state index contributed by atoms with van der Waals surface area (Å²) >= 11 is 0. The van der Waals surface area contributed by atoms with Gasteiger partial charge in [-0.25, -0.2) is 8.78 Å². The van der Waals surface area contributed by atoms with Gasteiger partial charge in [0.2, 0.25) is 0 Å². The highest BCUT2D eigenvalue weighted by atomic mass is 19.3. The van der Waals surface area contributed by atoms with Gasteiger partial charge in [0.1, 0.15) is 5.78 Å². The maximum absolute atomic E-state index is 13.0. The fourth-order valence-electron chi connectivity index (χ4n) is 3.55. The van der Waals surface area contributed by atoms with Crippen molar-refractivity contribution in [2.45, 2.75) is 20.3 Å². The Balaban J connectivity index is 1.70. The van der Waals surface area contributed by atoms with Gasteiger partial charge in [-0.2, -0.15) is 0 Å². The molecule has 2 aromatic carbocycles. The summed E-state index contributed by atoms with van der Waals surface area (Å²) in [4.78, 5) is 13.6. The smallest absolute Gasteiger partial charge is 0.263 e. The lowest BCUT2D eigenvalue weighted by molar-refractivity contribution is -0.121. The van der Waals surface area contributed by atoms with Gasteiger partial charge in [-0.05, 0) is 49.7 Å². The van der Waals surface area contributed by atoms with Crippen molar-refractivity contribution >= 4 is 22.4 Å². The number of fused-ring (bicyclic) bond motifs is 1. The Kier molecular flexibility index (Phi) is 4.02. The number of alkyl halides is 2. The number of anilines is 1. The summed E-state index contributed by atoms with van der Waals surface area (Å²) in [5.74, 6) is 0.361. The number of rotatable bonds is 4. The lowest BCUT2D eigenvalue weighted by Crippen LogP contribution is -2.49. The molecule has 0 saturated carbocycles. The van der Waals surface area contributed by atoms with Gasteiger partial charge in [0.05, 0.1) is 11.4 Å². The van der Waals surface area contributed by atoms with E-state index in [4.69, 9.17) is 0 Å². The highest BCUT2D eigenvalue weighted by Gasteiger charge is 2.30. The van der Waals surface area contributed by atoms with E-state index >= 15 is 0 Å². The van der Waals surface area contributed by atoms with Crippen LogP contribution in [0.2, 0.25) is 0 Å². The number of hydrogen-bond donors (Lipinski definition) is 0. The largest absolute Gasteiger partial charge is 0.370 e. The summed E-state index contributed by atoms with van der Waals surface area (Å²) in [5.41, 5.74) is 3.98. The van der Waals surface area contributed by atoms with E-state index in [0.717, 1.165) is 40.9 Å². The molecule has 2 heterocycles. The van der Waals surface area contributed by atoms with Crippen molar-refractivity contribution in [2.24, 2.45) is 5.92 Å². The molecule has 5 heteroatoms. The van der Waals surface area contributed by atoms with Gasteiger partial charge in [-0.1, -0.05) is 12.1 Å². The van der Waals surface area contributed by atoms with E-state index in [9.17, 15) is 13.6 Å². The van der Waals surface area contributed by atoms with Crippen molar-refractivity contribution < 1.29 is 13.6 Å². The number of aromatic nitrogens is 1. The molecule has 0 atom stereocenters. The monoisotopic (exact) mass is 354 g/mol. The fourth-order valence-corrected chi connectivity index (χ4v) is 3.55. The van der Waals surface area contributed by atoms with Gasteiger partial charge in [-0.3, -0.25) is 4.79 Å². The zero-order valence-corrected chi connectivity index (χ0v) is 14.7. The van der Waals surface area contributed by atoms with E-state index in [2.05, 4.69) is 11.0 Å². The molecule has 0 radical (unpaired) electrons. The second kappa shape index (κ2) is 6.24. The molecule has 1 aromatic heterocycles. The summed E-state index contributed by atoms with van der Waals surface area (Å²) in [6.45, 7) is 5.08. The molecule has 3 nitrogen and oxygen atoms in total. The van der Waals surface area contributed by atoms with Gasteiger partial charge < -0.3 is 9.47 Å². The highest BCUT2D eigenvalue weighted by molar-refractivity contribution is 5.86. The van der Waals surface area contributed by atoms with Crippen LogP contribution in [0.1, 0.15) is 24.5 Å². The summed E-state index contributed by atoms with van der Waals surface area (Å²) in [6, 6.07) is 12.9. The molecular weight excluding hydrogens is 334 g/mol. The van der Waals surface area contributed by atoms with Crippen LogP contribution in [-0.2, 0) is 4.79 Å². The van der Waals surface area contributed by atoms with Crippen LogP contribution in [0, 0.1) is 12.8 Å². The molecule has 1 saturated heterocycles. The van der Waals surface area contributed by atoms with Crippen LogP contribution in [-0.4, -0.2) is 23.4 Å². The minimum Gasteiger partial charge on any atom is -0.370 e. The lowest BCUT2D eigenvalue weighted by atomic mass is 9.95. The number of halogens is 2. The predicted molar refractivity (Wildman–Crippen MR) is 99.4 cm³/mol. The third-order valence-corrected chi connectivity index (χ3v) is 5.21. The maximum atomic E-state index is 13.0. The van der Waals surface area contributed by atoms with E-state index in [-0.39, 0.29) is 17.3 Å². The molecule has 26 heavy (non-hydrogen) atoms. The molecule has 0 aliphatic carbocycles. The molecule has 134 valence electrons. The van der Waals surface area contributed by atoms with Crippen LogP contribution >= 0.6 is 0 Å². The predicted octanol–water partition coefficient (Wildman–Crippen LogP) is 4.90. The van der Waals surface area contributed by atoms with E-state index < -0.39 is 6.43 Å². The average molecular weight is 354 g/mol. The van der Waals surface area contributed by atoms with Crippen molar-refractivity contribution in [3.05, 3.63) is 59.8 Å². The second-order valence-corrected chi connectivity index (χ2v) is 6.99. The Morgan fingerprint density at radius 1 is 1.12 bits per heavy atom. The topological polar surface area (TPSA) is 25.2 Å². The van der Waals surface area contributed by atoms with Gasteiger partial charge in [0.25, 0.3) is 6.43 Å². The lowest BCUT2D eigenvalue weighted by Gasteiger charge is -2.39. The Labute approximate surface area is 150 Å². The number of ketones is 1. The Morgan fingerprint density at radius 2 is 1.85 bits per heavy atom. The Bertz CT molecular complexity index is 987. The molecule has 0 N–H and O–H groups in total. The Hall–Kier alpha value is -2.69. The number of hydrogen-bond acceptors (Lipinski definition) is 2. The zero-order chi connectivity index (χ0) is 18.4. The first-order chi connectivity index (χ1) is 12.4. The summed E-state index contributed by atoms with van der Waals surface area (Å²) in [7, 11) is 0. The molecule has 0 bridgehead atoms. The highest BCUT2D eigenvalue weighted by Crippen LogP contribution is 2.31. The van der Waals surface area contributed by atoms with Crippen LogP contribution in [0.4, 0.5) is 14.5 Å². The normalized spacial score (nSPS) is 14.9. The van der Waals surface area contributed by atoms with E-state index in [1.54, 1.807) is 19.1 Å². The third kappa shape index (κ3) is 2.77. The number of Topliss-reactive ketones (excluding diaryl/α,β-unsaturated/α-hetero) is 1. The van der Waals surface area contributed by atoms with Gasteiger partial charge in [0, 0.05) is 41.6 Å². The van der Waals surface area contributed by atoms with E-state index in [0.29, 0.717) is 0 Å². The first-order valence-corrected chi connectivity index (χ1v) is 8.69. The number of carbonyl (C=O) groups is 1. The maximum Gasteiger partial charge on any atom is 0.263 e. The van der Waals surface area contributed by atoms with Crippen molar-refractivity contribution in [3.63, 3.8) is 0 Å². The summed E-state index contributed by atoms with van der Waals surface area (Å²) < 4.78 is 28.0. The minimum absolute atomic E-state index is 0.0444. The van der Waals surface area contributed by atoms with Crippen LogP contribution in [0.5, 0.6) is 0 Å². The van der Waals surface area contributed by atoms with Crippen molar-refractivity contribution in [1.29, 1.82) is 0 Å². The Morgan fingerprint density at radius 3 is 2.54 bits per heavy atom. The number of benzene rings is 2. The first-order valence-electron chi connectivity index (χ1n) is 8.69. The standard InChI is InChI=1S/C21H20F2N2O/c1-13-10-25(20-7-6-15(21(22)23)8-19(13)20)18-5-3-4-17(9-18)24-11-16(12-24)14(2)26/h3-10,16,21H,11-12H2,1-2H3. The quantitative estimate of drug-likeness (QED) is 0.666.